The molecule has 2 N–H and O–H groups in total. The third kappa shape index (κ3) is 3.45. The van der Waals surface area contributed by atoms with Crippen LogP contribution in [0.15, 0.2) is 23.6 Å². The van der Waals surface area contributed by atoms with E-state index in [-0.39, 0.29) is 6.61 Å². The highest BCUT2D eigenvalue weighted by Crippen LogP contribution is 2.23. The van der Waals surface area contributed by atoms with E-state index in [0.29, 0.717) is 12.3 Å². The fourth-order valence-electron chi connectivity index (χ4n) is 1.80. The molecule has 1 heterocycles. The number of nitrogens with zero attached hydrogens (tertiary/aromatic N) is 1. The van der Waals surface area contributed by atoms with Gasteiger partial charge in [-0.15, -0.1) is 11.3 Å². The molecule has 0 aliphatic heterocycles. The van der Waals surface area contributed by atoms with Gasteiger partial charge in [-0.2, -0.15) is 0 Å². The summed E-state index contributed by atoms with van der Waals surface area (Å²) in [6, 6.07) is 5.68. The summed E-state index contributed by atoms with van der Waals surface area (Å²) in [7, 11) is 1.60. The quantitative estimate of drug-likeness (QED) is 0.853. The Labute approximate surface area is 117 Å². The predicted molar refractivity (Wildman–Crippen MR) is 77.7 cm³/mol. The maximum Gasteiger partial charge on any atom is 0.124 e. The van der Waals surface area contributed by atoms with Crippen LogP contribution in [0.1, 0.15) is 23.2 Å². The van der Waals surface area contributed by atoms with Crippen molar-refractivity contribution in [2.75, 3.05) is 12.4 Å². The van der Waals surface area contributed by atoms with Crippen molar-refractivity contribution in [2.45, 2.75) is 26.5 Å². The number of rotatable bonds is 6. The van der Waals surface area contributed by atoms with E-state index in [1.807, 2.05) is 18.2 Å². The summed E-state index contributed by atoms with van der Waals surface area (Å²) in [6.45, 7) is 2.76. The van der Waals surface area contributed by atoms with Gasteiger partial charge in [-0.25, -0.2) is 4.98 Å². The largest absolute Gasteiger partial charge is 0.496 e. The van der Waals surface area contributed by atoms with Crippen LogP contribution in [-0.2, 0) is 19.6 Å². The number of nitrogens with one attached hydrogen (secondary N) is 1. The zero-order valence-corrected chi connectivity index (χ0v) is 12.0. The molecule has 2 rings (SSSR count). The van der Waals surface area contributed by atoms with Crippen LogP contribution in [0.3, 0.4) is 0 Å². The van der Waals surface area contributed by atoms with E-state index in [1.165, 1.54) is 0 Å². The number of hydrogen-bond donors (Lipinski definition) is 2. The van der Waals surface area contributed by atoms with E-state index >= 15 is 0 Å². The van der Waals surface area contributed by atoms with Crippen molar-refractivity contribution in [3.05, 3.63) is 39.8 Å². The number of thiazole rings is 1. The van der Waals surface area contributed by atoms with Crippen LogP contribution in [0.2, 0.25) is 0 Å². The minimum Gasteiger partial charge on any atom is -0.496 e. The summed E-state index contributed by atoms with van der Waals surface area (Å²) in [4.78, 5) is 4.50. The normalized spacial score (nSPS) is 10.5. The van der Waals surface area contributed by atoms with Crippen molar-refractivity contribution in [2.24, 2.45) is 0 Å². The number of aliphatic hydroxyl groups is 1. The number of anilines is 1. The minimum absolute atomic E-state index is 0.0324. The molecule has 0 unspecified atom stereocenters. The standard InChI is InChI=1S/C14H18N2O2S/c1-3-14-16-12(9-19-14)7-15-11-4-5-13(18-2)10(6-11)8-17/h4-6,9,15,17H,3,7-8H2,1-2H3. The van der Waals surface area contributed by atoms with Crippen LogP contribution in [0, 0.1) is 0 Å². The SMILES string of the molecule is CCc1nc(CNc2ccc(OC)c(CO)c2)cs1. The monoisotopic (exact) mass is 278 g/mol. The van der Waals surface area contributed by atoms with Crippen molar-refractivity contribution >= 4 is 17.0 Å². The smallest absolute Gasteiger partial charge is 0.124 e. The second kappa shape index (κ2) is 6.54. The minimum atomic E-state index is -0.0324. The molecule has 0 aliphatic carbocycles. The van der Waals surface area contributed by atoms with Crippen LogP contribution in [0.5, 0.6) is 5.75 Å². The average Bonchev–Trinajstić information content (AvgIpc) is 2.92. The number of methoxy groups -OCH3 is 1. The number of benzene rings is 1. The zero-order valence-electron chi connectivity index (χ0n) is 11.1. The number of hydrogen-bond acceptors (Lipinski definition) is 5. The van der Waals surface area contributed by atoms with E-state index in [4.69, 9.17) is 4.74 Å². The van der Waals surface area contributed by atoms with Crippen molar-refractivity contribution in [1.82, 2.24) is 4.98 Å². The lowest BCUT2D eigenvalue weighted by Crippen LogP contribution is -2.01. The number of ether oxygens (including phenoxy) is 1. The Hall–Kier alpha value is -1.59. The molecule has 0 aliphatic rings. The van der Waals surface area contributed by atoms with Gasteiger partial charge >= 0.3 is 0 Å². The first kappa shape index (κ1) is 13.8. The molecule has 0 amide bonds. The molecule has 0 radical (unpaired) electrons. The second-order valence-corrected chi connectivity index (χ2v) is 5.07. The highest BCUT2D eigenvalue weighted by molar-refractivity contribution is 7.09. The third-order valence-electron chi connectivity index (χ3n) is 2.83. The molecular weight excluding hydrogens is 260 g/mol. The number of aliphatic hydroxyl groups excluding tert-OH is 1. The molecule has 0 fully saturated rings. The molecule has 1 aromatic heterocycles. The Balaban J connectivity index is 2.03. The molecule has 0 bridgehead atoms. The maximum absolute atomic E-state index is 9.28. The maximum atomic E-state index is 9.28. The summed E-state index contributed by atoms with van der Waals surface area (Å²) in [6.07, 6.45) is 0.974. The molecule has 102 valence electrons. The molecule has 0 saturated carbocycles. The van der Waals surface area contributed by atoms with Gasteiger partial charge in [0.1, 0.15) is 5.75 Å². The van der Waals surface area contributed by atoms with Crippen molar-refractivity contribution in [1.29, 1.82) is 0 Å². The molecule has 1 aromatic carbocycles. The van der Waals surface area contributed by atoms with Gasteiger partial charge in [-0.1, -0.05) is 6.92 Å². The molecular formula is C14H18N2O2S. The van der Waals surface area contributed by atoms with Crippen molar-refractivity contribution in [3.8, 4) is 5.75 Å². The second-order valence-electron chi connectivity index (χ2n) is 4.12. The van der Waals surface area contributed by atoms with E-state index in [9.17, 15) is 5.11 Å². The summed E-state index contributed by atoms with van der Waals surface area (Å²) in [5.74, 6) is 0.704. The van der Waals surface area contributed by atoms with Crippen LogP contribution in [0.4, 0.5) is 5.69 Å². The highest BCUT2D eigenvalue weighted by atomic mass is 32.1. The van der Waals surface area contributed by atoms with Gasteiger partial charge in [-0.05, 0) is 24.6 Å². The van der Waals surface area contributed by atoms with Crippen molar-refractivity contribution < 1.29 is 9.84 Å². The molecule has 19 heavy (non-hydrogen) atoms. The first-order chi connectivity index (χ1) is 9.26. The van der Waals surface area contributed by atoms with Gasteiger partial charge in [0.15, 0.2) is 0 Å². The summed E-state index contributed by atoms with van der Waals surface area (Å²) < 4.78 is 5.17. The first-order valence-electron chi connectivity index (χ1n) is 6.21. The topological polar surface area (TPSA) is 54.4 Å². The lowest BCUT2D eigenvalue weighted by molar-refractivity contribution is 0.274. The summed E-state index contributed by atoms with van der Waals surface area (Å²) >= 11 is 1.69. The Morgan fingerprint density at radius 2 is 2.26 bits per heavy atom. The Bertz CT molecular complexity index is 540. The van der Waals surface area contributed by atoms with Crippen LogP contribution >= 0.6 is 11.3 Å². The van der Waals surface area contributed by atoms with Gasteiger partial charge in [0.05, 0.1) is 31.0 Å². The van der Waals surface area contributed by atoms with Gasteiger partial charge in [0, 0.05) is 16.6 Å². The summed E-state index contributed by atoms with van der Waals surface area (Å²) in [5, 5.41) is 15.8. The Morgan fingerprint density at radius 1 is 1.42 bits per heavy atom. The van der Waals surface area contributed by atoms with Crippen LogP contribution < -0.4 is 10.1 Å². The zero-order chi connectivity index (χ0) is 13.7. The molecule has 5 heteroatoms. The lowest BCUT2D eigenvalue weighted by atomic mass is 10.2. The van der Waals surface area contributed by atoms with Crippen molar-refractivity contribution in [3.63, 3.8) is 0 Å². The molecule has 0 saturated heterocycles. The van der Waals surface area contributed by atoms with E-state index < -0.39 is 0 Å². The lowest BCUT2D eigenvalue weighted by Gasteiger charge is -2.10. The molecule has 0 atom stereocenters. The Morgan fingerprint density at radius 3 is 2.89 bits per heavy atom. The fraction of sp³-hybridized carbons (Fsp3) is 0.357. The van der Waals surface area contributed by atoms with Crippen LogP contribution in [0.25, 0.3) is 0 Å². The van der Waals surface area contributed by atoms with Gasteiger partial charge in [0.2, 0.25) is 0 Å². The highest BCUT2D eigenvalue weighted by Gasteiger charge is 2.04. The van der Waals surface area contributed by atoms with E-state index in [0.717, 1.165) is 28.4 Å². The summed E-state index contributed by atoms with van der Waals surface area (Å²) in [5.41, 5.74) is 2.78. The van der Waals surface area contributed by atoms with Crippen LogP contribution in [-0.4, -0.2) is 17.2 Å². The van der Waals surface area contributed by atoms with E-state index in [1.54, 1.807) is 18.4 Å². The van der Waals surface area contributed by atoms with Gasteiger partial charge < -0.3 is 15.2 Å². The predicted octanol–water partition coefficient (Wildman–Crippen LogP) is 2.82. The molecule has 2 aromatic rings. The fourth-order valence-corrected chi connectivity index (χ4v) is 2.54. The molecule has 4 nitrogen and oxygen atoms in total. The average molecular weight is 278 g/mol. The number of aryl methyl sites for hydroxylation is 1. The number of aromatic nitrogens is 1. The van der Waals surface area contributed by atoms with Gasteiger partial charge in [0.25, 0.3) is 0 Å². The third-order valence-corrected chi connectivity index (χ3v) is 3.87. The Kier molecular flexibility index (Phi) is 4.76. The van der Waals surface area contributed by atoms with Gasteiger partial charge in [-0.3, -0.25) is 0 Å². The molecule has 0 spiro atoms. The first-order valence-corrected chi connectivity index (χ1v) is 7.09. The van der Waals surface area contributed by atoms with E-state index in [2.05, 4.69) is 22.6 Å².